The van der Waals surface area contributed by atoms with Crippen molar-refractivity contribution in [3.8, 4) is 0 Å². The molecule has 0 aromatic heterocycles. The van der Waals surface area contributed by atoms with Crippen LogP contribution in [0.15, 0.2) is 12.7 Å². The first-order valence-corrected chi connectivity index (χ1v) is 2.56. The van der Waals surface area contributed by atoms with E-state index in [1.54, 1.807) is 6.08 Å². The molecule has 0 unspecified atom stereocenters. The van der Waals surface area contributed by atoms with Gasteiger partial charge >= 0.3 is 0 Å². The summed E-state index contributed by atoms with van der Waals surface area (Å²) in [6.07, 6.45) is 1.75. The number of allylic oxidation sites excluding steroid dienone is 1. The van der Waals surface area contributed by atoms with Crippen molar-refractivity contribution in [1.29, 1.82) is 10.8 Å². The Hall–Kier alpha value is -1.52. The van der Waals surface area contributed by atoms with Gasteiger partial charge in [-0.05, 0) is 6.92 Å². The second kappa shape index (κ2) is 7.48. The Morgan fingerprint density at radius 3 is 1.60 bits per heavy atom. The second-order valence-corrected chi connectivity index (χ2v) is 1.36. The Bertz CT molecular complexity index is 116. The normalized spacial score (nSPS) is 6.50. The Kier molecular flexibility index (Phi) is 8.45. The van der Waals surface area contributed by atoms with Crippen molar-refractivity contribution in [2.24, 2.45) is 11.5 Å². The molecular formula is C5H13N5. The molecule has 0 aliphatic rings. The van der Waals surface area contributed by atoms with Crippen LogP contribution in [0.25, 0.3) is 0 Å². The van der Waals surface area contributed by atoms with Crippen molar-refractivity contribution >= 4 is 11.9 Å². The summed E-state index contributed by atoms with van der Waals surface area (Å²) >= 11 is 0. The minimum atomic E-state index is -0.312. The Balaban J connectivity index is 0. The highest BCUT2D eigenvalue weighted by atomic mass is 15.1. The van der Waals surface area contributed by atoms with E-state index >= 15 is 0 Å². The van der Waals surface area contributed by atoms with Crippen LogP contribution in [-0.4, -0.2) is 11.9 Å². The highest BCUT2D eigenvalue weighted by molar-refractivity contribution is 5.93. The third kappa shape index (κ3) is 31.6. The molecule has 0 aromatic carbocycles. The van der Waals surface area contributed by atoms with E-state index in [0.717, 1.165) is 0 Å². The van der Waals surface area contributed by atoms with E-state index in [0.29, 0.717) is 0 Å². The maximum atomic E-state index is 6.47. The quantitative estimate of drug-likeness (QED) is 0.180. The fraction of sp³-hybridized carbons (Fsp3) is 0.200. The molecule has 5 heteroatoms. The number of hydrogen-bond donors (Lipinski definition) is 5. The average molecular weight is 143 g/mol. The van der Waals surface area contributed by atoms with Gasteiger partial charge in [0.05, 0.1) is 0 Å². The van der Waals surface area contributed by atoms with Gasteiger partial charge < -0.3 is 11.5 Å². The van der Waals surface area contributed by atoms with Gasteiger partial charge in [0, 0.05) is 0 Å². The molecule has 10 heavy (non-hydrogen) atoms. The van der Waals surface area contributed by atoms with E-state index in [1.807, 2.05) is 12.2 Å². The standard InChI is InChI=1S/C3H6.C2H7N5/c1-3-2;3-1(4)7-2(5)6/h3H,1H2,2H3;(H7,3,4,5,6,7). The van der Waals surface area contributed by atoms with Crippen molar-refractivity contribution < 1.29 is 0 Å². The molecule has 0 atom stereocenters. The lowest BCUT2D eigenvalue weighted by Crippen LogP contribution is -2.39. The molecular weight excluding hydrogens is 130 g/mol. The average Bonchev–Trinajstić information content (AvgIpc) is 1.62. The third-order valence-corrected chi connectivity index (χ3v) is 0.269. The van der Waals surface area contributed by atoms with E-state index in [-0.39, 0.29) is 11.9 Å². The Morgan fingerprint density at radius 1 is 1.40 bits per heavy atom. The maximum absolute atomic E-state index is 6.47. The highest BCUT2D eigenvalue weighted by Crippen LogP contribution is 1.44. The second-order valence-electron chi connectivity index (χ2n) is 1.36. The van der Waals surface area contributed by atoms with Crippen molar-refractivity contribution in [1.82, 2.24) is 5.32 Å². The monoisotopic (exact) mass is 143 g/mol. The van der Waals surface area contributed by atoms with Gasteiger partial charge in [0.1, 0.15) is 0 Å². The zero-order valence-electron chi connectivity index (χ0n) is 5.94. The molecule has 0 heterocycles. The van der Waals surface area contributed by atoms with Crippen molar-refractivity contribution in [2.75, 3.05) is 0 Å². The van der Waals surface area contributed by atoms with Crippen molar-refractivity contribution in [3.05, 3.63) is 12.7 Å². The first-order valence-electron chi connectivity index (χ1n) is 2.56. The molecule has 5 nitrogen and oxygen atoms in total. The summed E-state index contributed by atoms with van der Waals surface area (Å²) in [5.41, 5.74) is 9.49. The molecule has 0 bridgehead atoms. The van der Waals surface area contributed by atoms with Crippen LogP contribution in [0, 0.1) is 10.8 Å². The van der Waals surface area contributed by atoms with E-state index < -0.39 is 0 Å². The number of rotatable bonds is 0. The van der Waals surface area contributed by atoms with Gasteiger partial charge in [0.2, 0.25) is 0 Å². The lowest BCUT2D eigenvalue weighted by molar-refractivity contribution is 1.19. The summed E-state index contributed by atoms with van der Waals surface area (Å²) < 4.78 is 0. The van der Waals surface area contributed by atoms with Crippen LogP contribution < -0.4 is 16.8 Å². The predicted molar refractivity (Wildman–Crippen MR) is 42.8 cm³/mol. The zero-order valence-corrected chi connectivity index (χ0v) is 5.94. The molecule has 7 N–H and O–H groups in total. The summed E-state index contributed by atoms with van der Waals surface area (Å²) in [4.78, 5) is 0. The number of hydrogen-bond acceptors (Lipinski definition) is 2. The molecule has 0 rings (SSSR count). The van der Waals surface area contributed by atoms with Crippen LogP contribution >= 0.6 is 0 Å². The summed E-state index contributed by atoms with van der Waals surface area (Å²) in [7, 11) is 0. The Labute approximate surface area is 60.1 Å². The van der Waals surface area contributed by atoms with Gasteiger partial charge in [0.15, 0.2) is 11.9 Å². The van der Waals surface area contributed by atoms with Gasteiger partial charge in [-0.3, -0.25) is 16.1 Å². The van der Waals surface area contributed by atoms with Gasteiger partial charge in [-0.15, -0.1) is 6.58 Å². The first kappa shape index (κ1) is 11.3. The van der Waals surface area contributed by atoms with Crippen LogP contribution in [0.4, 0.5) is 0 Å². The summed E-state index contributed by atoms with van der Waals surface area (Å²) in [5, 5.41) is 15.0. The molecule has 0 saturated heterocycles. The van der Waals surface area contributed by atoms with Crippen LogP contribution in [0.5, 0.6) is 0 Å². The minimum Gasteiger partial charge on any atom is -0.370 e. The fourth-order valence-corrected chi connectivity index (χ4v) is 0.145. The van der Waals surface area contributed by atoms with Crippen molar-refractivity contribution in [3.63, 3.8) is 0 Å². The largest absolute Gasteiger partial charge is 0.370 e. The summed E-state index contributed by atoms with van der Waals surface area (Å²) in [6.45, 7) is 5.25. The van der Waals surface area contributed by atoms with Crippen LogP contribution in [0.2, 0.25) is 0 Å². The number of nitrogens with two attached hydrogens (primary N) is 2. The highest BCUT2D eigenvalue weighted by Gasteiger charge is 1.83. The van der Waals surface area contributed by atoms with E-state index in [1.165, 1.54) is 0 Å². The van der Waals surface area contributed by atoms with E-state index in [4.69, 9.17) is 22.3 Å². The number of nitrogens with one attached hydrogen (secondary N) is 3. The molecule has 0 spiro atoms. The van der Waals surface area contributed by atoms with Gasteiger partial charge in [-0.25, -0.2) is 0 Å². The molecule has 0 aliphatic heterocycles. The third-order valence-electron chi connectivity index (χ3n) is 0.269. The molecule has 0 aromatic rings. The topological polar surface area (TPSA) is 112 Å². The minimum absolute atomic E-state index is 0.312. The first-order chi connectivity index (χ1) is 4.54. The van der Waals surface area contributed by atoms with Crippen LogP contribution in [0.1, 0.15) is 6.92 Å². The Morgan fingerprint density at radius 2 is 1.60 bits per heavy atom. The molecule has 0 amide bonds. The smallest absolute Gasteiger partial charge is 0.192 e. The summed E-state index contributed by atoms with van der Waals surface area (Å²) in [6, 6.07) is 0. The predicted octanol–water partition coefficient (Wildman–Crippen LogP) is -0.445. The molecule has 58 valence electrons. The number of guanidine groups is 2. The zero-order chi connectivity index (χ0) is 8.57. The van der Waals surface area contributed by atoms with Gasteiger partial charge in [-0.1, -0.05) is 6.08 Å². The molecule has 0 fully saturated rings. The van der Waals surface area contributed by atoms with E-state index in [2.05, 4.69) is 6.58 Å². The van der Waals surface area contributed by atoms with Gasteiger partial charge in [0.25, 0.3) is 0 Å². The SMILES string of the molecule is C=CC.N=C(N)NC(=N)N. The molecule has 0 saturated carbocycles. The molecule has 0 aliphatic carbocycles. The summed E-state index contributed by atoms with van der Waals surface area (Å²) in [5.74, 6) is -0.625. The maximum Gasteiger partial charge on any atom is 0.192 e. The van der Waals surface area contributed by atoms with Crippen molar-refractivity contribution in [2.45, 2.75) is 6.92 Å². The lowest BCUT2D eigenvalue weighted by Gasteiger charge is -1.95. The van der Waals surface area contributed by atoms with E-state index in [9.17, 15) is 0 Å². The van der Waals surface area contributed by atoms with Crippen LogP contribution in [0.3, 0.4) is 0 Å². The van der Waals surface area contributed by atoms with Gasteiger partial charge in [-0.2, -0.15) is 0 Å². The molecule has 0 radical (unpaired) electrons. The lowest BCUT2D eigenvalue weighted by atomic mass is 10.8. The van der Waals surface area contributed by atoms with Crippen LogP contribution in [-0.2, 0) is 0 Å². The fourth-order valence-electron chi connectivity index (χ4n) is 0.145.